The molecule has 74 valence electrons. The Kier molecular flexibility index (Phi) is 5.59. The number of rotatable bonds is 7. The van der Waals surface area contributed by atoms with Crippen LogP contribution in [0.4, 0.5) is 0 Å². The van der Waals surface area contributed by atoms with Crippen LogP contribution in [-0.2, 0) is 9.59 Å². The number of hydrogen-bond acceptors (Lipinski definition) is 2. The van der Waals surface area contributed by atoms with E-state index in [1.54, 1.807) is 0 Å². The van der Waals surface area contributed by atoms with Crippen molar-refractivity contribution in [2.45, 2.75) is 25.7 Å². The van der Waals surface area contributed by atoms with Gasteiger partial charge >= 0.3 is 0 Å². The van der Waals surface area contributed by atoms with Gasteiger partial charge in [0.2, 0.25) is 11.8 Å². The smallest absolute Gasteiger partial charge is 0.224 e. The van der Waals surface area contributed by atoms with Crippen molar-refractivity contribution in [1.29, 1.82) is 0 Å². The second-order valence-corrected chi connectivity index (χ2v) is 2.96. The molecule has 13 heavy (non-hydrogen) atoms. The molecule has 0 bridgehead atoms. The van der Waals surface area contributed by atoms with Crippen LogP contribution in [0.2, 0.25) is 0 Å². The normalized spacial score (nSPS) is 12.0. The predicted molar refractivity (Wildman–Crippen MR) is 50.5 cm³/mol. The first-order chi connectivity index (χ1) is 6.07. The van der Waals surface area contributed by atoms with Crippen molar-refractivity contribution in [2.75, 3.05) is 0 Å². The quantitative estimate of drug-likeness (QED) is 0.441. The summed E-state index contributed by atoms with van der Waals surface area (Å²) >= 11 is 0. The molecule has 0 rings (SSSR count). The van der Waals surface area contributed by atoms with Crippen molar-refractivity contribution in [3.05, 3.63) is 12.7 Å². The van der Waals surface area contributed by atoms with E-state index in [2.05, 4.69) is 6.58 Å². The van der Waals surface area contributed by atoms with Crippen LogP contribution in [0, 0.1) is 5.92 Å². The zero-order chi connectivity index (χ0) is 10.3. The Hall–Kier alpha value is -1.32. The zero-order valence-electron chi connectivity index (χ0n) is 7.66. The Morgan fingerprint density at radius 3 is 2.31 bits per heavy atom. The molecule has 0 saturated carbocycles. The Morgan fingerprint density at radius 2 is 1.92 bits per heavy atom. The molecule has 0 spiro atoms. The van der Waals surface area contributed by atoms with Crippen LogP contribution in [0.25, 0.3) is 0 Å². The molecule has 0 aromatic carbocycles. The average molecular weight is 184 g/mol. The number of carbonyl (C=O) groups excluding carboxylic acids is 2. The van der Waals surface area contributed by atoms with Crippen LogP contribution in [0.1, 0.15) is 25.7 Å². The maximum atomic E-state index is 10.7. The fourth-order valence-electron chi connectivity index (χ4n) is 1.04. The number of unbranched alkanes of at least 4 members (excludes halogenated alkanes) is 1. The predicted octanol–water partition coefficient (Wildman–Crippen LogP) is 0.320. The van der Waals surface area contributed by atoms with E-state index >= 15 is 0 Å². The highest BCUT2D eigenvalue weighted by Crippen LogP contribution is 2.09. The van der Waals surface area contributed by atoms with E-state index in [1.165, 1.54) is 6.08 Å². The van der Waals surface area contributed by atoms with Crippen LogP contribution in [-0.4, -0.2) is 11.8 Å². The Bertz CT molecular complexity index is 202. The van der Waals surface area contributed by atoms with Gasteiger partial charge in [-0.25, -0.2) is 0 Å². The Balaban J connectivity index is 3.55. The van der Waals surface area contributed by atoms with Crippen LogP contribution in [0.15, 0.2) is 12.7 Å². The SMILES string of the molecule is C=CC(CCCCC(N)=O)C(N)=O. The van der Waals surface area contributed by atoms with Crippen molar-refractivity contribution in [1.82, 2.24) is 0 Å². The molecule has 0 aromatic rings. The first kappa shape index (κ1) is 11.7. The molecule has 0 fully saturated rings. The maximum absolute atomic E-state index is 10.7. The van der Waals surface area contributed by atoms with Gasteiger partial charge in [0.05, 0.1) is 5.92 Å². The van der Waals surface area contributed by atoms with Crippen molar-refractivity contribution in [3.63, 3.8) is 0 Å². The summed E-state index contributed by atoms with van der Waals surface area (Å²) in [6.45, 7) is 3.50. The molecule has 4 nitrogen and oxygen atoms in total. The third kappa shape index (κ3) is 5.90. The number of carbonyl (C=O) groups is 2. The van der Waals surface area contributed by atoms with Gasteiger partial charge in [0, 0.05) is 6.42 Å². The van der Waals surface area contributed by atoms with Gasteiger partial charge in [0.25, 0.3) is 0 Å². The number of nitrogens with two attached hydrogens (primary N) is 2. The van der Waals surface area contributed by atoms with Gasteiger partial charge < -0.3 is 11.5 Å². The lowest BCUT2D eigenvalue weighted by Crippen LogP contribution is -2.21. The molecule has 4 heteroatoms. The van der Waals surface area contributed by atoms with Gasteiger partial charge in [-0.1, -0.05) is 12.5 Å². The molecule has 0 aliphatic heterocycles. The van der Waals surface area contributed by atoms with Crippen molar-refractivity contribution in [2.24, 2.45) is 17.4 Å². The van der Waals surface area contributed by atoms with E-state index < -0.39 is 0 Å². The molecule has 0 aliphatic carbocycles. The summed E-state index contributed by atoms with van der Waals surface area (Å²) in [7, 11) is 0. The van der Waals surface area contributed by atoms with E-state index in [9.17, 15) is 9.59 Å². The molecule has 2 amide bonds. The molecule has 0 radical (unpaired) electrons. The summed E-state index contributed by atoms with van der Waals surface area (Å²) in [5.41, 5.74) is 10.0. The largest absolute Gasteiger partial charge is 0.370 e. The van der Waals surface area contributed by atoms with Crippen LogP contribution < -0.4 is 11.5 Å². The summed E-state index contributed by atoms with van der Waals surface area (Å²) < 4.78 is 0. The van der Waals surface area contributed by atoms with E-state index in [0.29, 0.717) is 19.3 Å². The van der Waals surface area contributed by atoms with E-state index in [4.69, 9.17) is 11.5 Å². The van der Waals surface area contributed by atoms with E-state index in [1.807, 2.05) is 0 Å². The first-order valence-electron chi connectivity index (χ1n) is 4.28. The van der Waals surface area contributed by atoms with E-state index in [0.717, 1.165) is 6.42 Å². The molecule has 0 aliphatic rings. The van der Waals surface area contributed by atoms with Gasteiger partial charge in [0.15, 0.2) is 0 Å². The molecule has 4 N–H and O–H groups in total. The fraction of sp³-hybridized carbons (Fsp3) is 0.556. The summed E-state index contributed by atoms with van der Waals surface area (Å²) in [6.07, 6.45) is 4.01. The molecule has 0 heterocycles. The van der Waals surface area contributed by atoms with Crippen LogP contribution in [0.5, 0.6) is 0 Å². The summed E-state index contributed by atoms with van der Waals surface area (Å²) in [4.78, 5) is 21.1. The van der Waals surface area contributed by atoms with Crippen molar-refractivity contribution >= 4 is 11.8 Å². The van der Waals surface area contributed by atoms with Gasteiger partial charge in [-0.2, -0.15) is 0 Å². The van der Waals surface area contributed by atoms with Gasteiger partial charge in [0.1, 0.15) is 0 Å². The van der Waals surface area contributed by atoms with E-state index in [-0.39, 0.29) is 17.7 Å². The minimum atomic E-state index is -0.367. The third-order valence-electron chi connectivity index (χ3n) is 1.84. The van der Waals surface area contributed by atoms with Gasteiger partial charge in [-0.05, 0) is 12.8 Å². The number of primary amides is 2. The Morgan fingerprint density at radius 1 is 1.31 bits per heavy atom. The second kappa shape index (κ2) is 6.22. The van der Waals surface area contributed by atoms with Crippen molar-refractivity contribution < 1.29 is 9.59 Å². The van der Waals surface area contributed by atoms with Crippen LogP contribution >= 0.6 is 0 Å². The molecule has 0 saturated heterocycles. The lowest BCUT2D eigenvalue weighted by Gasteiger charge is -2.06. The summed E-state index contributed by atoms with van der Waals surface area (Å²) in [6, 6.07) is 0. The summed E-state index contributed by atoms with van der Waals surface area (Å²) in [5.74, 6) is -0.962. The second-order valence-electron chi connectivity index (χ2n) is 2.96. The maximum Gasteiger partial charge on any atom is 0.224 e. The minimum Gasteiger partial charge on any atom is -0.370 e. The zero-order valence-corrected chi connectivity index (χ0v) is 7.66. The van der Waals surface area contributed by atoms with Crippen LogP contribution in [0.3, 0.4) is 0 Å². The van der Waals surface area contributed by atoms with Crippen molar-refractivity contribution in [3.8, 4) is 0 Å². The standard InChI is InChI=1S/C9H16N2O2/c1-2-7(9(11)13)5-3-4-6-8(10)12/h2,7H,1,3-6H2,(H2,10,12)(H2,11,13). The lowest BCUT2D eigenvalue weighted by molar-refractivity contribution is -0.120. The fourth-order valence-corrected chi connectivity index (χ4v) is 1.04. The molecular formula is C9H16N2O2. The topological polar surface area (TPSA) is 86.2 Å². The lowest BCUT2D eigenvalue weighted by atomic mass is 10.0. The summed E-state index contributed by atoms with van der Waals surface area (Å²) in [5, 5.41) is 0. The average Bonchev–Trinajstić information content (AvgIpc) is 2.03. The molecular weight excluding hydrogens is 168 g/mol. The molecule has 1 unspecified atom stereocenters. The molecule has 1 atom stereocenters. The number of hydrogen-bond donors (Lipinski definition) is 2. The highest BCUT2D eigenvalue weighted by molar-refractivity contribution is 5.78. The Labute approximate surface area is 78.0 Å². The highest BCUT2D eigenvalue weighted by atomic mass is 16.1. The monoisotopic (exact) mass is 184 g/mol. The molecule has 0 aromatic heterocycles. The van der Waals surface area contributed by atoms with Gasteiger partial charge in [-0.15, -0.1) is 6.58 Å². The minimum absolute atomic E-state index is 0.284. The third-order valence-corrected chi connectivity index (χ3v) is 1.84. The number of amides is 2. The first-order valence-corrected chi connectivity index (χ1v) is 4.28. The highest BCUT2D eigenvalue weighted by Gasteiger charge is 2.09. The van der Waals surface area contributed by atoms with Gasteiger partial charge in [-0.3, -0.25) is 9.59 Å².